The van der Waals surface area contributed by atoms with Crippen LogP contribution in [-0.4, -0.2) is 24.4 Å². The number of primary amides is 1. The second kappa shape index (κ2) is 11.1. The van der Waals surface area contributed by atoms with Gasteiger partial charge in [0.05, 0.1) is 0 Å². The Morgan fingerprint density at radius 2 is 2.08 bits per heavy atom. The lowest BCUT2D eigenvalue weighted by molar-refractivity contribution is -0.114. The normalized spacial score (nSPS) is 8.54. The quantitative estimate of drug-likeness (QED) is 0.381. The molecule has 0 aliphatic heterocycles. The molecule has 0 saturated carbocycles. The summed E-state index contributed by atoms with van der Waals surface area (Å²) in [6.45, 7) is 7.48. The van der Waals surface area contributed by atoms with E-state index in [9.17, 15) is 4.79 Å². The van der Waals surface area contributed by atoms with Crippen LogP contribution in [0.25, 0.3) is 0 Å². The minimum atomic E-state index is -0.435. The lowest BCUT2D eigenvalue weighted by atomic mass is 10.3. The van der Waals surface area contributed by atoms with E-state index in [1.54, 1.807) is 6.92 Å². The van der Waals surface area contributed by atoms with Crippen LogP contribution in [0.4, 0.5) is 0 Å². The molecule has 0 aliphatic rings. The van der Waals surface area contributed by atoms with Gasteiger partial charge in [0, 0.05) is 12.2 Å². The molecule has 0 bridgehead atoms. The van der Waals surface area contributed by atoms with E-state index in [2.05, 4.69) is 18.2 Å². The standard InChI is InChI=1S/C5H12O2.C4H7NO/c1-2-3-4-7-5-6;1-3(2)4(5)6/h6H,2-5H2,1H3;1H2,2H3,(H2,5,6). The van der Waals surface area contributed by atoms with Gasteiger partial charge in [0.1, 0.15) is 6.79 Å². The van der Waals surface area contributed by atoms with Gasteiger partial charge in [-0.2, -0.15) is 0 Å². The lowest BCUT2D eigenvalue weighted by Crippen LogP contribution is -2.10. The van der Waals surface area contributed by atoms with Gasteiger partial charge < -0.3 is 15.6 Å². The summed E-state index contributed by atoms with van der Waals surface area (Å²) in [6, 6.07) is 0. The number of aliphatic hydroxyl groups is 1. The lowest BCUT2D eigenvalue weighted by Gasteiger charge is -1.94. The fourth-order valence-electron chi connectivity index (χ4n) is 0.311. The van der Waals surface area contributed by atoms with Crippen molar-refractivity contribution in [3.8, 4) is 0 Å². The number of aliphatic hydroxyl groups excluding tert-OH is 1. The van der Waals surface area contributed by atoms with E-state index >= 15 is 0 Å². The summed E-state index contributed by atoms with van der Waals surface area (Å²) in [5.74, 6) is -0.435. The monoisotopic (exact) mass is 189 g/mol. The molecule has 0 aromatic rings. The van der Waals surface area contributed by atoms with E-state index in [0.29, 0.717) is 12.2 Å². The number of carbonyl (C=O) groups is 1. The Kier molecular flexibility index (Phi) is 12.5. The Bertz CT molecular complexity index is 130. The number of rotatable bonds is 5. The van der Waals surface area contributed by atoms with Crippen LogP contribution in [-0.2, 0) is 9.53 Å². The smallest absolute Gasteiger partial charge is 0.243 e. The third-order valence-electron chi connectivity index (χ3n) is 1.15. The van der Waals surface area contributed by atoms with Crippen LogP contribution in [0.2, 0.25) is 0 Å². The molecule has 78 valence electrons. The fraction of sp³-hybridized carbons (Fsp3) is 0.667. The molecule has 0 aromatic carbocycles. The summed E-state index contributed by atoms with van der Waals surface area (Å²) >= 11 is 0. The number of hydrogen-bond acceptors (Lipinski definition) is 3. The number of unbranched alkanes of at least 4 members (excludes halogenated alkanes) is 1. The summed E-state index contributed by atoms with van der Waals surface area (Å²) in [4.78, 5) is 9.82. The van der Waals surface area contributed by atoms with E-state index in [4.69, 9.17) is 10.8 Å². The molecule has 0 rings (SSSR count). The van der Waals surface area contributed by atoms with Crippen molar-refractivity contribution in [2.45, 2.75) is 26.7 Å². The van der Waals surface area contributed by atoms with Crippen LogP contribution < -0.4 is 5.73 Å². The van der Waals surface area contributed by atoms with Crippen molar-refractivity contribution in [3.05, 3.63) is 12.2 Å². The molecule has 4 nitrogen and oxygen atoms in total. The van der Waals surface area contributed by atoms with E-state index in [1.165, 1.54) is 0 Å². The second-order valence-corrected chi connectivity index (χ2v) is 2.54. The maximum absolute atomic E-state index is 9.82. The van der Waals surface area contributed by atoms with Crippen molar-refractivity contribution >= 4 is 5.91 Å². The van der Waals surface area contributed by atoms with Crippen molar-refractivity contribution in [3.63, 3.8) is 0 Å². The number of carbonyl (C=O) groups excluding carboxylic acids is 1. The molecular weight excluding hydrogens is 170 g/mol. The van der Waals surface area contributed by atoms with Gasteiger partial charge in [-0.25, -0.2) is 0 Å². The van der Waals surface area contributed by atoms with Crippen LogP contribution in [0.5, 0.6) is 0 Å². The average molecular weight is 189 g/mol. The molecular formula is C9H19NO3. The summed E-state index contributed by atoms with van der Waals surface area (Å²) in [7, 11) is 0. The van der Waals surface area contributed by atoms with Crippen molar-refractivity contribution in [2.75, 3.05) is 13.4 Å². The zero-order valence-corrected chi connectivity index (χ0v) is 8.38. The van der Waals surface area contributed by atoms with Crippen molar-refractivity contribution < 1.29 is 14.6 Å². The molecule has 1 amide bonds. The molecule has 0 heterocycles. The molecule has 0 aliphatic carbocycles. The molecule has 13 heavy (non-hydrogen) atoms. The second-order valence-electron chi connectivity index (χ2n) is 2.54. The molecule has 0 atom stereocenters. The number of hydrogen-bond donors (Lipinski definition) is 2. The highest BCUT2D eigenvalue weighted by Crippen LogP contribution is 1.84. The molecule has 3 N–H and O–H groups in total. The average Bonchev–Trinajstić information content (AvgIpc) is 2.06. The van der Waals surface area contributed by atoms with Gasteiger partial charge in [0.15, 0.2) is 0 Å². The molecule has 4 heteroatoms. The first-order chi connectivity index (χ1) is 6.06. The number of amides is 1. The molecule has 0 fully saturated rings. The van der Waals surface area contributed by atoms with E-state index in [0.717, 1.165) is 12.8 Å². The Hall–Kier alpha value is -0.870. The largest absolute Gasteiger partial charge is 0.371 e. The first-order valence-corrected chi connectivity index (χ1v) is 4.20. The van der Waals surface area contributed by atoms with Crippen LogP contribution in [0.1, 0.15) is 26.7 Å². The third kappa shape index (κ3) is 18.2. The fourth-order valence-corrected chi connectivity index (χ4v) is 0.311. The molecule has 0 spiro atoms. The Morgan fingerprint density at radius 1 is 1.62 bits per heavy atom. The SMILES string of the molecule is C=C(C)C(N)=O.CCCCOCO. The number of nitrogens with two attached hydrogens (primary N) is 1. The maximum atomic E-state index is 9.82. The summed E-state index contributed by atoms with van der Waals surface area (Å²) < 4.78 is 4.63. The van der Waals surface area contributed by atoms with Crippen molar-refractivity contribution in [1.29, 1.82) is 0 Å². The minimum Gasteiger partial charge on any atom is -0.371 e. The van der Waals surface area contributed by atoms with Crippen LogP contribution in [0.3, 0.4) is 0 Å². The summed E-state index contributed by atoms with van der Waals surface area (Å²) in [6.07, 6.45) is 2.17. The van der Waals surface area contributed by atoms with Gasteiger partial charge >= 0.3 is 0 Å². The zero-order chi connectivity index (χ0) is 10.7. The summed E-state index contributed by atoms with van der Waals surface area (Å²) in [5, 5.41) is 8.07. The van der Waals surface area contributed by atoms with Gasteiger partial charge in [-0.15, -0.1) is 0 Å². The zero-order valence-electron chi connectivity index (χ0n) is 8.38. The first-order valence-electron chi connectivity index (χ1n) is 4.20. The number of ether oxygens (including phenoxy) is 1. The Morgan fingerprint density at radius 3 is 2.31 bits per heavy atom. The van der Waals surface area contributed by atoms with Gasteiger partial charge in [-0.1, -0.05) is 19.9 Å². The minimum absolute atomic E-state index is 0.139. The van der Waals surface area contributed by atoms with Crippen LogP contribution in [0, 0.1) is 0 Å². The van der Waals surface area contributed by atoms with Crippen LogP contribution >= 0.6 is 0 Å². The predicted molar refractivity (Wildman–Crippen MR) is 52.0 cm³/mol. The summed E-state index contributed by atoms with van der Waals surface area (Å²) in [5.41, 5.74) is 5.09. The highest BCUT2D eigenvalue weighted by molar-refractivity contribution is 5.90. The van der Waals surface area contributed by atoms with Gasteiger partial charge in [-0.3, -0.25) is 4.79 Å². The maximum Gasteiger partial charge on any atom is 0.243 e. The molecule has 0 radical (unpaired) electrons. The van der Waals surface area contributed by atoms with Crippen molar-refractivity contribution in [2.24, 2.45) is 5.73 Å². The highest BCUT2D eigenvalue weighted by Gasteiger charge is 1.86. The molecule has 0 saturated heterocycles. The van der Waals surface area contributed by atoms with Gasteiger partial charge in [0.25, 0.3) is 0 Å². The topological polar surface area (TPSA) is 72.6 Å². The van der Waals surface area contributed by atoms with Crippen molar-refractivity contribution in [1.82, 2.24) is 0 Å². The first kappa shape index (κ1) is 14.6. The van der Waals surface area contributed by atoms with E-state index in [-0.39, 0.29) is 6.79 Å². The van der Waals surface area contributed by atoms with Gasteiger partial charge in [-0.05, 0) is 13.3 Å². The highest BCUT2D eigenvalue weighted by atomic mass is 16.6. The molecule has 0 aromatic heterocycles. The predicted octanol–water partition coefficient (Wildman–Crippen LogP) is 0.801. The Labute approximate surface area is 79.4 Å². The van der Waals surface area contributed by atoms with Crippen LogP contribution in [0.15, 0.2) is 12.2 Å². The van der Waals surface area contributed by atoms with E-state index < -0.39 is 5.91 Å². The Balaban J connectivity index is 0. The van der Waals surface area contributed by atoms with E-state index in [1.807, 2.05) is 0 Å². The van der Waals surface area contributed by atoms with Gasteiger partial charge in [0.2, 0.25) is 5.91 Å². The molecule has 0 unspecified atom stereocenters. The third-order valence-corrected chi connectivity index (χ3v) is 1.15.